The van der Waals surface area contributed by atoms with Crippen molar-refractivity contribution in [2.75, 3.05) is 6.61 Å². The molecule has 0 saturated heterocycles. The summed E-state index contributed by atoms with van der Waals surface area (Å²) in [4.78, 5) is 24.5. The van der Waals surface area contributed by atoms with Crippen LogP contribution in [-0.2, 0) is 22.6 Å². The SMILES string of the molecule is CCOC(=O)Cn1c(=O)n(Cc2ccccc2)c2ccccc21. The molecule has 5 heteroatoms. The van der Waals surface area contributed by atoms with E-state index in [-0.39, 0.29) is 12.2 Å². The highest BCUT2D eigenvalue weighted by Gasteiger charge is 2.15. The van der Waals surface area contributed by atoms with E-state index in [1.165, 1.54) is 4.57 Å². The standard InChI is InChI=1S/C18H18N2O3/c1-2-23-17(21)13-20-16-11-7-6-10-15(16)19(18(20)22)12-14-8-4-3-5-9-14/h3-11H,2,12-13H2,1H3. The summed E-state index contributed by atoms with van der Waals surface area (Å²) in [5.41, 5.74) is 2.38. The van der Waals surface area contributed by atoms with Crippen molar-refractivity contribution in [3.05, 3.63) is 70.6 Å². The van der Waals surface area contributed by atoms with Gasteiger partial charge < -0.3 is 4.74 Å². The predicted molar refractivity (Wildman–Crippen MR) is 88.4 cm³/mol. The number of ether oxygens (including phenoxy) is 1. The molecular formula is C18H18N2O3. The molecule has 118 valence electrons. The zero-order valence-electron chi connectivity index (χ0n) is 12.9. The number of carbonyl (C=O) groups excluding carboxylic acids is 1. The van der Waals surface area contributed by atoms with Gasteiger partial charge in [-0.15, -0.1) is 0 Å². The monoisotopic (exact) mass is 310 g/mol. The molecule has 0 saturated carbocycles. The van der Waals surface area contributed by atoms with Crippen LogP contribution < -0.4 is 5.69 Å². The van der Waals surface area contributed by atoms with Crippen LogP contribution >= 0.6 is 0 Å². The third kappa shape index (κ3) is 3.04. The van der Waals surface area contributed by atoms with Crippen LogP contribution in [0.2, 0.25) is 0 Å². The Morgan fingerprint density at radius 3 is 2.22 bits per heavy atom. The molecule has 0 radical (unpaired) electrons. The summed E-state index contributed by atoms with van der Waals surface area (Å²) in [7, 11) is 0. The van der Waals surface area contributed by atoms with Gasteiger partial charge in [0.15, 0.2) is 0 Å². The van der Waals surface area contributed by atoms with Crippen molar-refractivity contribution < 1.29 is 9.53 Å². The van der Waals surface area contributed by atoms with E-state index >= 15 is 0 Å². The van der Waals surface area contributed by atoms with E-state index in [0.717, 1.165) is 16.6 Å². The van der Waals surface area contributed by atoms with Gasteiger partial charge in [0, 0.05) is 0 Å². The van der Waals surface area contributed by atoms with Gasteiger partial charge in [-0.2, -0.15) is 0 Å². The maximum Gasteiger partial charge on any atom is 0.329 e. The Balaban J connectivity index is 2.06. The summed E-state index contributed by atoms with van der Waals surface area (Å²) >= 11 is 0. The van der Waals surface area contributed by atoms with E-state index in [0.29, 0.717) is 13.2 Å². The van der Waals surface area contributed by atoms with Crippen LogP contribution in [-0.4, -0.2) is 21.7 Å². The van der Waals surface area contributed by atoms with E-state index in [1.807, 2.05) is 54.6 Å². The topological polar surface area (TPSA) is 53.2 Å². The van der Waals surface area contributed by atoms with E-state index in [4.69, 9.17) is 4.74 Å². The van der Waals surface area contributed by atoms with Crippen LogP contribution in [0.1, 0.15) is 12.5 Å². The van der Waals surface area contributed by atoms with Gasteiger partial charge in [0.1, 0.15) is 6.54 Å². The zero-order valence-corrected chi connectivity index (χ0v) is 12.9. The Bertz CT molecular complexity index is 878. The fourth-order valence-electron chi connectivity index (χ4n) is 2.68. The summed E-state index contributed by atoms with van der Waals surface area (Å²) in [6.07, 6.45) is 0. The predicted octanol–water partition coefficient (Wildman–Crippen LogP) is 2.41. The normalized spacial score (nSPS) is 10.8. The third-order valence-corrected chi connectivity index (χ3v) is 3.70. The molecule has 3 aromatic rings. The van der Waals surface area contributed by atoms with Crippen molar-refractivity contribution in [1.29, 1.82) is 0 Å². The molecule has 2 aromatic carbocycles. The fraction of sp³-hybridized carbons (Fsp3) is 0.222. The lowest BCUT2D eigenvalue weighted by Gasteiger charge is -2.03. The van der Waals surface area contributed by atoms with Crippen molar-refractivity contribution in [3.8, 4) is 0 Å². The molecule has 0 aliphatic heterocycles. The van der Waals surface area contributed by atoms with E-state index in [9.17, 15) is 9.59 Å². The van der Waals surface area contributed by atoms with E-state index in [2.05, 4.69) is 0 Å². The smallest absolute Gasteiger partial charge is 0.329 e. The molecule has 0 aliphatic rings. The Hall–Kier alpha value is -2.82. The largest absolute Gasteiger partial charge is 0.465 e. The summed E-state index contributed by atoms with van der Waals surface area (Å²) in [5, 5.41) is 0. The molecule has 1 heterocycles. The Morgan fingerprint density at radius 1 is 0.957 bits per heavy atom. The van der Waals surface area contributed by atoms with Crippen LogP contribution in [0.4, 0.5) is 0 Å². The highest BCUT2D eigenvalue weighted by molar-refractivity contribution is 5.78. The first kappa shape index (κ1) is 15.1. The number of para-hydroxylation sites is 2. The maximum atomic E-state index is 12.8. The van der Waals surface area contributed by atoms with Crippen LogP contribution in [0, 0.1) is 0 Å². The van der Waals surface area contributed by atoms with Crippen LogP contribution in [0.3, 0.4) is 0 Å². The molecule has 23 heavy (non-hydrogen) atoms. The minimum Gasteiger partial charge on any atom is -0.465 e. The van der Waals surface area contributed by atoms with Gasteiger partial charge in [-0.25, -0.2) is 4.79 Å². The first-order chi connectivity index (χ1) is 11.2. The number of imidazole rings is 1. The zero-order chi connectivity index (χ0) is 16.2. The van der Waals surface area contributed by atoms with Crippen LogP contribution in [0.25, 0.3) is 11.0 Å². The van der Waals surface area contributed by atoms with Crippen molar-refractivity contribution in [3.63, 3.8) is 0 Å². The van der Waals surface area contributed by atoms with Gasteiger partial charge in [-0.05, 0) is 24.6 Å². The molecule has 0 fully saturated rings. The molecule has 0 bridgehead atoms. The van der Waals surface area contributed by atoms with Gasteiger partial charge >= 0.3 is 11.7 Å². The molecule has 0 amide bonds. The van der Waals surface area contributed by atoms with Crippen LogP contribution in [0.5, 0.6) is 0 Å². The lowest BCUT2D eigenvalue weighted by molar-refractivity contribution is -0.143. The number of esters is 1. The summed E-state index contributed by atoms with van der Waals surface area (Å²) < 4.78 is 8.12. The van der Waals surface area contributed by atoms with E-state index < -0.39 is 5.97 Å². The lowest BCUT2D eigenvalue weighted by atomic mass is 10.2. The first-order valence-corrected chi connectivity index (χ1v) is 7.58. The first-order valence-electron chi connectivity index (χ1n) is 7.58. The van der Waals surface area contributed by atoms with E-state index in [1.54, 1.807) is 11.5 Å². The molecule has 3 rings (SSSR count). The Labute approximate surface area is 133 Å². The van der Waals surface area contributed by atoms with Crippen molar-refractivity contribution in [1.82, 2.24) is 9.13 Å². The fourth-order valence-corrected chi connectivity index (χ4v) is 2.68. The maximum absolute atomic E-state index is 12.8. The number of hydrogen-bond acceptors (Lipinski definition) is 3. The third-order valence-electron chi connectivity index (χ3n) is 3.70. The second-order valence-corrected chi connectivity index (χ2v) is 5.23. The summed E-state index contributed by atoms with van der Waals surface area (Å²) in [5.74, 6) is -0.405. The molecule has 0 spiro atoms. The Morgan fingerprint density at radius 2 is 1.57 bits per heavy atom. The quantitative estimate of drug-likeness (QED) is 0.680. The number of rotatable bonds is 5. The number of carbonyl (C=O) groups is 1. The Kier molecular flexibility index (Phi) is 4.28. The number of aromatic nitrogens is 2. The van der Waals surface area contributed by atoms with Gasteiger partial charge in [-0.1, -0.05) is 42.5 Å². The van der Waals surface area contributed by atoms with Crippen molar-refractivity contribution in [2.24, 2.45) is 0 Å². The molecule has 0 atom stereocenters. The lowest BCUT2D eigenvalue weighted by Crippen LogP contribution is -2.28. The highest BCUT2D eigenvalue weighted by atomic mass is 16.5. The average Bonchev–Trinajstić information content (AvgIpc) is 2.82. The molecule has 1 aromatic heterocycles. The molecular weight excluding hydrogens is 292 g/mol. The molecule has 0 N–H and O–H groups in total. The molecule has 5 nitrogen and oxygen atoms in total. The number of nitrogens with zero attached hydrogens (tertiary/aromatic N) is 2. The van der Waals surface area contributed by atoms with Gasteiger partial charge in [-0.3, -0.25) is 13.9 Å². The second kappa shape index (κ2) is 6.52. The van der Waals surface area contributed by atoms with Crippen LogP contribution in [0.15, 0.2) is 59.4 Å². The average molecular weight is 310 g/mol. The highest BCUT2D eigenvalue weighted by Crippen LogP contribution is 2.14. The minimum absolute atomic E-state index is 0.0744. The number of benzene rings is 2. The molecule has 0 aliphatic carbocycles. The summed E-state index contributed by atoms with van der Waals surface area (Å²) in [6, 6.07) is 17.3. The van der Waals surface area contributed by atoms with Crippen molar-refractivity contribution in [2.45, 2.75) is 20.0 Å². The van der Waals surface area contributed by atoms with Gasteiger partial charge in [0.25, 0.3) is 0 Å². The second-order valence-electron chi connectivity index (χ2n) is 5.23. The van der Waals surface area contributed by atoms with Gasteiger partial charge in [0.05, 0.1) is 24.2 Å². The summed E-state index contributed by atoms with van der Waals surface area (Å²) in [6.45, 7) is 2.45. The molecule has 0 unspecified atom stereocenters. The minimum atomic E-state index is -0.405. The van der Waals surface area contributed by atoms with Crippen molar-refractivity contribution >= 4 is 17.0 Å². The number of hydrogen-bond donors (Lipinski definition) is 0. The number of fused-ring (bicyclic) bond motifs is 1. The van der Waals surface area contributed by atoms with Gasteiger partial charge in [0.2, 0.25) is 0 Å².